The summed E-state index contributed by atoms with van der Waals surface area (Å²) >= 11 is 0. The number of likely N-dealkylation sites (tertiary alicyclic amines) is 1. The summed E-state index contributed by atoms with van der Waals surface area (Å²) in [6.45, 7) is 10.6. The van der Waals surface area contributed by atoms with Crippen molar-refractivity contribution in [1.82, 2.24) is 4.90 Å². The molecule has 4 nitrogen and oxygen atoms in total. The second-order valence-electron chi connectivity index (χ2n) is 8.24. The van der Waals surface area contributed by atoms with Crippen molar-refractivity contribution in [3.05, 3.63) is 48.6 Å². The van der Waals surface area contributed by atoms with Crippen molar-refractivity contribution in [2.75, 3.05) is 13.1 Å². The maximum atomic E-state index is 12.5. The highest BCUT2D eigenvalue weighted by Crippen LogP contribution is 2.39. The number of rotatable bonds is 6. The van der Waals surface area contributed by atoms with E-state index in [4.69, 9.17) is 4.74 Å². The summed E-state index contributed by atoms with van der Waals surface area (Å²) in [7, 11) is 0. The molecule has 0 aromatic heterocycles. The third kappa shape index (κ3) is 5.34. The maximum absolute atomic E-state index is 12.5. The lowest BCUT2D eigenvalue weighted by Crippen LogP contribution is -2.49. The molecule has 1 saturated heterocycles. The molecule has 0 aliphatic carbocycles. The second-order valence-corrected chi connectivity index (χ2v) is 8.24. The van der Waals surface area contributed by atoms with Crippen molar-refractivity contribution in [3.8, 4) is 0 Å². The van der Waals surface area contributed by atoms with Gasteiger partial charge in [0.2, 0.25) is 0 Å². The predicted molar refractivity (Wildman–Crippen MR) is 105 cm³/mol. The van der Waals surface area contributed by atoms with Crippen LogP contribution in [0.2, 0.25) is 0 Å². The van der Waals surface area contributed by atoms with Crippen molar-refractivity contribution in [1.29, 1.82) is 0 Å². The number of carbonyl (C=O) groups is 1. The van der Waals surface area contributed by atoms with E-state index < -0.39 is 11.2 Å². The van der Waals surface area contributed by atoms with Gasteiger partial charge in [-0.3, -0.25) is 0 Å². The van der Waals surface area contributed by atoms with Crippen LogP contribution in [0, 0.1) is 5.92 Å². The number of benzene rings is 1. The van der Waals surface area contributed by atoms with Crippen LogP contribution in [-0.2, 0) is 10.3 Å². The number of hydrogen-bond acceptors (Lipinski definition) is 3. The van der Waals surface area contributed by atoms with Gasteiger partial charge in [-0.15, -0.1) is 6.58 Å². The molecule has 2 atom stereocenters. The number of carbonyl (C=O) groups excluding carboxylic acids is 1. The van der Waals surface area contributed by atoms with E-state index in [1.54, 1.807) is 4.90 Å². The van der Waals surface area contributed by atoms with Gasteiger partial charge in [0.1, 0.15) is 5.60 Å². The van der Waals surface area contributed by atoms with E-state index in [1.807, 2.05) is 57.2 Å². The lowest BCUT2D eigenvalue weighted by Gasteiger charge is -2.43. The molecule has 1 unspecified atom stereocenters. The molecular formula is C22H33NO3. The van der Waals surface area contributed by atoms with E-state index in [0.29, 0.717) is 19.5 Å². The number of unbranched alkanes of at least 4 members (excludes halogenated alkanes) is 1. The molecule has 0 radical (unpaired) electrons. The van der Waals surface area contributed by atoms with E-state index in [9.17, 15) is 9.90 Å². The first-order chi connectivity index (χ1) is 12.3. The fraction of sp³-hybridized carbons (Fsp3) is 0.591. The third-order valence-electron chi connectivity index (χ3n) is 4.99. The topological polar surface area (TPSA) is 49.8 Å². The predicted octanol–water partition coefficient (Wildman–Crippen LogP) is 4.88. The van der Waals surface area contributed by atoms with E-state index in [-0.39, 0.29) is 12.0 Å². The number of piperidine rings is 1. The quantitative estimate of drug-likeness (QED) is 0.582. The minimum absolute atomic E-state index is 0.00372. The summed E-state index contributed by atoms with van der Waals surface area (Å²) < 4.78 is 5.53. The molecular weight excluding hydrogens is 326 g/mol. The van der Waals surface area contributed by atoms with Gasteiger partial charge in [-0.2, -0.15) is 0 Å². The van der Waals surface area contributed by atoms with Crippen molar-refractivity contribution in [2.24, 2.45) is 5.92 Å². The zero-order valence-electron chi connectivity index (χ0n) is 16.4. The molecule has 1 fully saturated rings. The normalized spacial score (nSPS) is 20.3. The minimum atomic E-state index is -0.940. The Morgan fingerprint density at radius 1 is 1.35 bits per heavy atom. The van der Waals surface area contributed by atoms with Crippen molar-refractivity contribution in [3.63, 3.8) is 0 Å². The summed E-state index contributed by atoms with van der Waals surface area (Å²) in [5.74, 6) is -0.00372. The molecule has 0 saturated carbocycles. The Kier molecular flexibility index (Phi) is 6.87. The van der Waals surface area contributed by atoms with Crippen LogP contribution in [0.25, 0.3) is 0 Å². The third-order valence-corrected chi connectivity index (χ3v) is 4.99. The summed E-state index contributed by atoms with van der Waals surface area (Å²) in [4.78, 5) is 14.2. The van der Waals surface area contributed by atoms with E-state index in [0.717, 1.165) is 31.2 Å². The van der Waals surface area contributed by atoms with E-state index >= 15 is 0 Å². The van der Waals surface area contributed by atoms with Crippen molar-refractivity contribution >= 4 is 6.09 Å². The summed E-state index contributed by atoms with van der Waals surface area (Å²) in [5, 5.41) is 11.7. The number of amides is 1. The van der Waals surface area contributed by atoms with Crippen molar-refractivity contribution in [2.45, 2.75) is 64.1 Å². The molecule has 1 heterocycles. The monoisotopic (exact) mass is 359 g/mol. The van der Waals surface area contributed by atoms with E-state index in [2.05, 4.69) is 6.58 Å². The molecule has 0 bridgehead atoms. The van der Waals surface area contributed by atoms with Crippen molar-refractivity contribution < 1.29 is 14.6 Å². The van der Waals surface area contributed by atoms with Crippen LogP contribution in [0.1, 0.15) is 58.4 Å². The first kappa shape index (κ1) is 20.5. The van der Waals surface area contributed by atoms with Crippen LogP contribution in [0.4, 0.5) is 4.79 Å². The highest BCUT2D eigenvalue weighted by atomic mass is 16.6. The Hall–Kier alpha value is -1.81. The Balaban J connectivity index is 2.18. The molecule has 1 aromatic rings. The standard InChI is InChI=1S/C22H33NO3/c1-5-6-10-15-22(25,18-12-8-7-9-13-18)19-14-11-16-23(17-19)20(24)26-21(2,3)4/h5,7-9,12-13,19,25H,1,6,10-11,14-17H2,2-4H3/t19?,22-/m0/s1. The Labute approximate surface area is 157 Å². The fourth-order valence-corrected chi connectivity index (χ4v) is 3.69. The number of aliphatic hydroxyl groups is 1. The van der Waals surface area contributed by atoms with Gasteiger partial charge >= 0.3 is 6.09 Å². The highest BCUT2D eigenvalue weighted by molar-refractivity contribution is 5.68. The molecule has 4 heteroatoms. The van der Waals surface area contributed by atoms with Crippen LogP contribution < -0.4 is 0 Å². The van der Waals surface area contributed by atoms with Crippen LogP contribution >= 0.6 is 0 Å². The van der Waals surface area contributed by atoms with Gasteiger partial charge in [0.05, 0.1) is 5.60 Å². The minimum Gasteiger partial charge on any atom is -0.444 e. The molecule has 0 spiro atoms. The van der Waals surface area contributed by atoms with Gasteiger partial charge in [0.25, 0.3) is 0 Å². The second kappa shape index (κ2) is 8.72. The molecule has 1 N–H and O–H groups in total. The maximum Gasteiger partial charge on any atom is 0.410 e. The smallest absolute Gasteiger partial charge is 0.410 e. The highest BCUT2D eigenvalue weighted by Gasteiger charge is 2.41. The fourth-order valence-electron chi connectivity index (χ4n) is 3.69. The SMILES string of the molecule is C=CCCC[C@](O)(c1ccccc1)C1CCCN(C(=O)OC(C)(C)C)C1. The average Bonchev–Trinajstić information content (AvgIpc) is 2.61. The average molecular weight is 360 g/mol. The van der Waals surface area contributed by atoms with Gasteiger partial charge in [0.15, 0.2) is 0 Å². The largest absolute Gasteiger partial charge is 0.444 e. The molecule has 26 heavy (non-hydrogen) atoms. The lowest BCUT2D eigenvalue weighted by molar-refractivity contribution is -0.0632. The Morgan fingerprint density at radius 2 is 2.04 bits per heavy atom. The summed E-state index contributed by atoms with van der Waals surface area (Å²) in [5.41, 5.74) is -0.519. The zero-order valence-corrected chi connectivity index (χ0v) is 16.4. The zero-order chi connectivity index (χ0) is 19.2. The lowest BCUT2D eigenvalue weighted by atomic mass is 9.74. The summed E-state index contributed by atoms with van der Waals surface area (Å²) in [6, 6.07) is 9.85. The Bertz CT molecular complexity index is 593. The molecule has 144 valence electrons. The van der Waals surface area contributed by atoms with Crippen LogP contribution in [-0.4, -0.2) is 34.8 Å². The molecule has 1 aliphatic rings. The molecule has 1 amide bonds. The van der Waals surface area contributed by atoms with Crippen LogP contribution in [0.5, 0.6) is 0 Å². The van der Waals surface area contributed by atoms with Crippen LogP contribution in [0.3, 0.4) is 0 Å². The van der Waals surface area contributed by atoms with Gasteiger partial charge in [-0.1, -0.05) is 36.4 Å². The first-order valence-corrected chi connectivity index (χ1v) is 9.63. The van der Waals surface area contributed by atoms with Gasteiger partial charge < -0.3 is 14.7 Å². The number of nitrogens with zero attached hydrogens (tertiary/aromatic N) is 1. The number of hydrogen-bond donors (Lipinski definition) is 1. The first-order valence-electron chi connectivity index (χ1n) is 9.63. The van der Waals surface area contributed by atoms with Gasteiger partial charge in [-0.25, -0.2) is 4.79 Å². The summed E-state index contributed by atoms with van der Waals surface area (Å²) in [6.07, 6.45) is 5.79. The molecule has 1 aliphatic heterocycles. The van der Waals surface area contributed by atoms with Crippen LogP contribution in [0.15, 0.2) is 43.0 Å². The number of allylic oxidation sites excluding steroid dienone is 1. The molecule has 2 rings (SSSR count). The number of ether oxygens (including phenoxy) is 1. The molecule has 1 aromatic carbocycles. The van der Waals surface area contributed by atoms with E-state index in [1.165, 1.54) is 0 Å². The Morgan fingerprint density at radius 3 is 2.65 bits per heavy atom. The van der Waals surface area contributed by atoms with Gasteiger partial charge in [0, 0.05) is 19.0 Å². The van der Waals surface area contributed by atoms with Gasteiger partial charge in [-0.05, 0) is 58.4 Å².